The third kappa shape index (κ3) is 14.5. The third-order valence-corrected chi connectivity index (χ3v) is 12.1. The molecule has 4 aromatic carbocycles. The van der Waals surface area contributed by atoms with Crippen LogP contribution in [0.5, 0.6) is 5.75 Å². The smallest absolute Gasteiger partial charge is 0.247 e. The lowest BCUT2D eigenvalue weighted by molar-refractivity contribution is -0.114. The van der Waals surface area contributed by atoms with Crippen molar-refractivity contribution in [1.82, 2.24) is 29.7 Å². The number of hydrogen-bond acceptors (Lipinski definition) is 13. The van der Waals surface area contributed by atoms with Crippen LogP contribution in [0.2, 0.25) is 0 Å². The first-order valence-electron chi connectivity index (χ1n) is 23.1. The zero-order chi connectivity index (χ0) is 47.7. The molecule has 352 valence electrons. The van der Waals surface area contributed by atoms with E-state index < -0.39 is 0 Å². The summed E-state index contributed by atoms with van der Waals surface area (Å²) in [5.74, 6) is 1.93. The number of allylic oxidation sites excluding steroid dienone is 1. The fourth-order valence-corrected chi connectivity index (χ4v) is 8.07. The van der Waals surface area contributed by atoms with Gasteiger partial charge in [-0.2, -0.15) is 0 Å². The molecule has 3 N–H and O–H groups in total. The van der Waals surface area contributed by atoms with Crippen molar-refractivity contribution in [3.05, 3.63) is 175 Å². The number of carbonyl (C=O) groups is 2. The Morgan fingerprint density at radius 1 is 0.632 bits per heavy atom. The fourth-order valence-electron chi connectivity index (χ4n) is 8.07. The highest BCUT2D eigenvalue weighted by Gasteiger charge is 2.17. The summed E-state index contributed by atoms with van der Waals surface area (Å²) in [7, 11) is 6.01. The minimum absolute atomic E-state index is 0.00798. The van der Waals surface area contributed by atoms with Crippen LogP contribution in [-0.2, 0) is 41.8 Å². The summed E-state index contributed by atoms with van der Waals surface area (Å²) in [6.07, 6.45) is 8.61. The molecule has 2 fully saturated rings. The van der Waals surface area contributed by atoms with Gasteiger partial charge in [0.25, 0.3) is 0 Å². The zero-order valence-electron chi connectivity index (χ0n) is 39.5. The van der Waals surface area contributed by atoms with E-state index in [-0.39, 0.29) is 11.7 Å². The van der Waals surface area contributed by atoms with Gasteiger partial charge >= 0.3 is 0 Å². The Kier molecular flexibility index (Phi) is 17.4. The van der Waals surface area contributed by atoms with Crippen molar-refractivity contribution in [2.45, 2.75) is 32.2 Å². The molecular weight excluding hydrogens is 851 g/mol. The lowest BCUT2D eigenvalue weighted by Crippen LogP contribution is -2.44. The number of amides is 1. The molecule has 2 saturated heterocycles. The molecule has 2 aliphatic heterocycles. The Balaban J connectivity index is 0.000000202. The lowest BCUT2D eigenvalue weighted by atomic mass is 10.0. The van der Waals surface area contributed by atoms with E-state index in [4.69, 9.17) is 4.74 Å². The minimum atomic E-state index is -0.204. The summed E-state index contributed by atoms with van der Waals surface area (Å²) >= 11 is 0. The molecule has 0 radical (unpaired) electrons. The van der Waals surface area contributed by atoms with Crippen LogP contribution >= 0.6 is 0 Å². The van der Waals surface area contributed by atoms with E-state index in [1.165, 1.54) is 29.7 Å². The van der Waals surface area contributed by atoms with Crippen LogP contribution in [0.25, 0.3) is 0 Å². The highest BCUT2D eigenvalue weighted by atomic mass is 16.5. The number of aromatic nitrogens is 4. The van der Waals surface area contributed by atoms with Gasteiger partial charge in [0.2, 0.25) is 5.91 Å². The van der Waals surface area contributed by atoms with E-state index in [1.807, 2.05) is 54.6 Å². The van der Waals surface area contributed by atoms with E-state index in [0.29, 0.717) is 24.6 Å². The second-order valence-electron chi connectivity index (χ2n) is 17.1. The summed E-state index contributed by atoms with van der Waals surface area (Å²) in [6.45, 7) is 16.1. The fraction of sp³-hybridized carbons (Fsp3) is 0.296. The van der Waals surface area contributed by atoms with Gasteiger partial charge in [-0.1, -0.05) is 61.7 Å². The molecule has 14 heteroatoms. The van der Waals surface area contributed by atoms with Crippen molar-refractivity contribution in [2.75, 3.05) is 99.3 Å². The zero-order valence-corrected chi connectivity index (χ0v) is 39.5. The predicted octanol–water partition coefficient (Wildman–Crippen LogP) is 7.62. The number of nitrogens with zero attached hydrogens (tertiary/aromatic N) is 8. The average molecular weight is 914 g/mol. The average Bonchev–Trinajstić information content (AvgIpc) is 3.36. The van der Waals surface area contributed by atoms with E-state index in [2.05, 4.69) is 131 Å². The minimum Gasteiger partial charge on any atom is -0.494 e. The molecule has 14 nitrogen and oxygen atoms in total. The van der Waals surface area contributed by atoms with Gasteiger partial charge in [-0.3, -0.25) is 9.59 Å². The quantitative estimate of drug-likeness (QED) is 0.0729. The number of likely N-dealkylation sites (N-methyl/N-ethyl adjacent to an activating group) is 2. The molecule has 0 unspecified atom stereocenters. The number of piperazine rings is 2. The van der Waals surface area contributed by atoms with Crippen LogP contribution in [0.4, 0.5) is 34.4 Å². The monoisotopic (exact) mass is 914 g/mol. The molecule has 0 bridgehead atoms. The SMILES string of the molecule is C=CC(=O)Cc1cccc(CNc2cc(Nc3ccc(N4CCN(C)CC4)cc3OC)ncn2)c1.C=CC(=O)Nc1cccc(CCc2cc(Cc3ccc(N4CCN(C)CC4)cc3)ncn2)c1. The Morgan fingerprint density at radius 2 is 1.28 bits per heavy atom. The maximum Gasteiger partial charge on any atom is 0.247 e. The van der Waals surface area contributed by atoms with E-state index >= 15 is 0 Å². The highest BCUT2D eigenvalue weighted by Crippen LogP contribution is 2.32. The largest absolute Gasteiger partial charge is 0.494 e. The van der Waals surface area contributed by atoms with E-state index in [0.717, 1.165) is 123 Å². The Labute approximate surface area is 400 Å². The van der Waals surface area contributed by atoms with Gasteiger partial charge < -0.3 is 40.3 Å². The topological polar surface area (TPSA) is 144 Å². The van der Waals surface area contributed by atoms with Gasteiger partial charge in [-0.15, -0.1) is 0 Å². The second kappa shape index (κ2) is 24.4. The first-order chi connectivity index (χ1) is 33.1. The predicted molar refractivity (Wildman–Crippen MR) is 274 cm³/mol. The van der Waals surface area contributed by atoms with Crippen LogP contribution in [0.15, 0.2) is 141 Å². The number of ketones is 1. The van der Waals surface area contributed by atoms with Crippen molar-refractivity contribution in [3.8, 4) is 5.75 Å². The number of rotatable bonds is 18. The molecule has 0 aliphatic carbocycles. The first kappa shape index (κ1) is 48.5. The summed E-state index contributed by atoms with van der Waals surface area (Å²) in [4.78, 5) is 50.3. The van der Waals surface area contributed by atoms with Gasteiger partial charge in [-0.05, 0) is 104 Å². The molecule has 4 heterocycles. The second-order valence-corrected chi connectivity index (χ2v) is 17.1. The van der Waals surface area contributed by atoms with Crippen molar-refractivity contribution in [1.29, 1.82) is 0 Å². The van der Waals surface area contributed by atoms with Crippen LogP contribution < -0.4 is 30.5 Å². The number of ether oxygens (including phenoxy) is 1. The Morgan fingerprint density at radius 3 is 2.00 bits per heavy atom. The van der Waals surface area contributed by atoms with Crippen LogP contribution in [0.1, 0.15) is 33.6 Å². The van der Waals surface area contributed by atoms with Crippen molar-refractivity contribution < 1.29 is 14.3 Å². The van der Waals surface area contributed by atoms with Crippen LogP contribution in [-0.4, -0.2) is 115 Å². The van der Waals surface area contributed by atoms with Gasteiger partial charge in [-0.25, -0.2) is 19.9 Å². The number of benzene rings is 4. The third-order valence-electron chi connectivity index (χ3n) is 12.1. The number of anilines is 6. The molecular formula is C54H63N11O3. The molecule has 0 saturated carbocycles. The molecule has 68 heavy (non-hydrogen) atoms. The molecule has 6 aromatic rings. The Hall–Kier alpha value is -7.42. The first-order valence-corrected chi connectivity index (χ1v) is 23.1. The van der Waals surface area contributed by atoms with Crippen LogP contribution in [0, 0.1) is 0 Å². The molecule has 1 amide bonds. The van der Waals surface area contributed by atoms with Gasteiger partial charge in [0.15, 0.2) is 5.78 Å². The number of carbonyl (C=O) groups excluding carboxylic acids is 2. The summed E-state index contributed by atoms with van der Waals surface area (Å²) in [6, 6.07) is 34.8. The molecule has 0 atom stereocenters. The van der Waals surface area contributed by atoms with Gasteiger partial charge in [0, 0.05) is 112 Å². The van der Waals surface area contributed by atoms with Gasteiger partial charge in [0.1, 0.15) is 30.0 Å². The van der Waals surface area contributed by atoms with Crippen molar-refractivity contribution in [3.63, 3.8) is 0 Å². The maximum atomic E-state index is 11.6. The number of hydrogen-bond donors (Lipinski definition) is 3. The highest BCUT2D eigenvalue weighted by molar-refractivity contribution is 5.98. The molecule has 2 aromatic heterocycles. The molecule has 2 aliphatic rings. The summed E-state index contributed by atoms with van der Waals surface area (Å²) < 4.78 is 5.66. The molecule has 0 spiro atoms. The standard InChI is InChI=1S/C27H32N6O2.C27H31N5O/c1-4-23(34)15-20-6-5-7-21(14-20)18-28-26-17-27(30-19-29-26)31-24-9-8-22(16-25(24)35-3)33-12-10-32(2)11-13-33;1-3-27(33)30-24-6-4-5-21(17-24)7-10-23-19-25(29-20-28-23)18-22-8-11-26(12-9-22)32-15-13-31(2)14-16-32/h4-9,14,16-17,19H,1,10-13,15,18H2,2-3H3,(H2,28,29,30,31);3-6,8-9,11-12,17,19-20H,1,7,10,13-16,18H2,2H3,(H,30,33). The maximum absolute atomic E-state index is 11.6. The Bertz CT molecular complexity index is 2620. The van der Waals surface area contributed by atoms with Crippen molar-refractivity contribution in [2.24, 2.45) is 0 Å². The summed E-state index contributed by atoms with van der Waals surface area (Å²) in [5.41, 5.74) is 10.5. The van der Waals surface area contributed by atoms with Crippen molar-refractivity contribution >= 4 is 46.1 Å². The van der Waals surface area contributed by atoms with E-state index in [9.17, 15) is 9.59 Å². The summed E-state index contributed by atoms with van der Waals surface area (Å²) in [5, 5.41) is 9.48. The number of nitrogens with one attached hydrogen (secondary N) is 3. The van der Waals surface area contributed by atoms with E-state index in [1.54, 1.807) is 13.4 Å². The lowest BCUT2D eigenvalue weighted by Gasteiger charge is -2.34. The van der Waals surface area contributed by atoms with Gasteiger partial charge in [0.05, 0.1) is 12.8 Å². The normalized spacial score (nSPS) is 14.0. The molecule has 8 rings (SSSR count). The number of aryl methyl sites for hydroxylation is 2. The number of methoxy groups -OCH3 is 1. The van der Waals surface area contributed by atoms with Crippen LogP contribution in [0.3, 0.4) is 0 Å².